The molecule has 3 heterocycles. The van der Waals surface area contributed by atoms with Crippen LogP contribution in [0.5, 0.6) is 0 Å². The van der Waals surface area contributed by atoms with Gasteiger partial charge in [-0.3, -0.25) is 0 Å². The summed E-state index contributed by atoms with van der Waals surface area (Å²) in [6.45, 7) is 2.15. The average molecular weight is 653 g/mol. The van der Waals surface area contributed by atoms with Gasteiger partial charge in [-0.25, -0.2) is 19.9 Å². The zero-order chi connectivity index (χ0) is 34.1. The van der Waals surface area contributed by atoms with Crippen LogP contribution < -0.4 is 0 Å². The minimum atomic E-state index is 0.695. The summed E-state index contributed by atoms with van der Waals surface area (Å²) in [5.41, 5.74) is 14.1. The number of pyridine rings is 2. The summed E-state index contributed by atoms with van der Waals surface area (Å²) in [5, 5.41) is 2.20. The molecule has 0 spiro atoms. The highest BCUT2D eigenvalue weighted by atomic mass is 14.9. The third kappa shape index (κ3) is 5.94. The van der Waals surface area contributed by atoms with Crippen LogP contribution in [-0.2, 0) is 0 Å². The van der Waals surface area contributed by atoms with Crippen molar-refractivity contribution in [2.24, 2.45) is 0 Å². The number of nitrogens with zero attached hydrogens (tertiary/aromatic N) is 4. The Balaban J connectivity index is 1.08. The highest BCUT2D eigenvalue weighted by Gasteiger charge is 2.14. The SMILES string of the molecule is Cc1cc(-c2ccc(-c3cccc(-c4nc(-c5ccccc5)cc(-c5ccccc5)n4)c3)cc2)nc2c1ccc1ccc(-c3ccccc3)nc12. The van der Waals surface area contributed by atoms with Gasteiger partial charge in [0.2, 0.25) is 0 Å². The Labute approximate surface area is 296 Å². The minimum absolute atomic E-state index is 0.695. The molecule has 9 rings (SSSR count). The lowest BCUT2D eigenvalue weighted by Gasteiger charge is -2.12. The molecule has 9 aromatic rings. The lowest BCUT2D eigenvalue weighted by Crippen LogP contribution is -1.96. The zero-order valence-corrected chi connectivity index (χ0v) is 28.0. The molecule has 4 nitrogen and oxygen atoms in total. The molecule has 0 N–H and O–H groups in total. The molecule has 240 valence electrons. The standard InChI is InChI=1S/C47H32N4/c1-31-28-42(49-46-40(31)26-24-37-25-27-41(48-45(37)46)33-12-5-2-6-13-33)36-22-20-32(21-23-36)38-18-11-19-39(29-38)47-50-43(34-14-7-3-8-15-34)30-44(51-47)35-16-9-4-10-17-35/h2-30H,1H3. The van der Waals surface area contributed by atoms with Crippen LogP contribution in [0.15, 0.2) is 176 Å². The Morgan fingerprint density at radius 1 is 0.314 bits per heavy atom. The van der Waals surface area contributed by atoms with Crippen molar-refractivity contribution in [3.05, 3.63) is 181 Å². The summed E-state index contributed by atoms with van der Waals surface area (Å²) < 4.78 is 0. The van der Waals surface area contributed by atoms with Gasteiger partial charge in [-0.05, 0) is 47.9 Å². The molecule has 0 amide bonds. The van der Waals surface area contributed by atoms with Gasteiger partial charge >= 0.3 is 0 Å². The predicted octanol–water partition coefficient (Wildman–Crippen LogP) is 11.9. The van der Waals surface area contributed by atoms with Gasteiger partial charge in [0.15, 0.2) is 5.82 Å². The molecular formula is C47H32N4. The molecule has 51 heavy (non-hydrogen) atoms. The quantitative estimate of drug-likeness (QED) is 0.168. The van der Waals surface area contributed by atoms with E-state index in [0.717, 1.165) is 83.5 Å². The van der Waals surface area contributed by atoms with Gasteiger partial charge in [0, 0.05) is 38.6 Å². The van der Waals surface area contributed by atoms with Crippen LogP contribution in [0.2, 0.25) is 0 Å². The average Bonchev–Trinajstić information content (AvgIpc) is 3.21. The van der Waals surface area contributed by atoms with Crippen molar-refractivity contribution in [1.29, 1.82) is 0 Å². The molecule has 0 aliphatic rings. The van der Waals surface area contributed by atoms with Crippen LogP contribution in [0.1, 0.15) is 5.56 Å². The zero-order valence-electron chi connectivity index (χ0n) is 28.0. The fourth-order valence-electron chi connectivity index (χ4n) is 6.72. The summed E-state index contributed by atoms with van der Waals surface area (Å²) in [6, 6.07) is 60.8. The lowest BCUT2D eigenvalue weighted by atomic mass is 9.99. The molecular weight excluding hydrogens is 621 g/mol. The topological polar surface area (TPSA) is 51.6 Å². The second kappa shape index (κ2) is 12.9. The van der Waals surface area contributed by atoms with Gasteiger partial charge in [0.25, 0.3) is 0 Å². The molecule has 0 aliphatic heterocycles. The first-order valence-corrected chi connectivity index (χ1v) is 17.1. The van der Waals surface area contributed by atoms with Crippen LogP contribution >= 0.6 is 0 Å². The fraction of sp³-hybridized carbons (Fsp3) is 0.0213. The van der Waals surface area contributed by atoms with Crippen molar-refractivity contribution in [3.8, 4) is 67.5 Å². The molecule has 0 aliphatic carbocycles. The van der Waals surface area contributed by atoms with Crippen molar-refractivity contribution >= 4 is 21.8 Å². The molecule has 0 fully saturated rings. The Morgan fingerprint density at radius 2 is 0.804 bits per heavy atom. The van der Waals surface area contributed by atoms with Gasteiger partial charge in [0.1, 0.15) is 0 Å². The Kier molecular flexibility index (Phi) is 7.67. The molecule has 0 saturated heterocycles. The smallest absolute Gasteiger partial charge is 0.160 e. The molecule has 6 aromatic carbocycles. The van der Waals surface area contributed by atoms with E-state index >= 15 is 0 Å². The third-order valence-corrected chi connectivity index (χ3v) is 9.42. The number of fused-ring (bicyclic) bond motifs is 3. The van der Waals surface area contributed by atoms with Crippen LogP contribution in [0.25, 0.3) is 89.4 Å². The lowest BCUT2D eigenvalue weighted by molar-refractivity contribution is 1.18. The van der Waals surface area contributed by atoms with Crippen LogP contribution in [-0.4, -0.2) is 19.9 Å². The first-order valence-electron chi connectivity index (χ1n) is 17.1. The van der Waals surface area contributed by atoms with Crippen molar-refractivity contribution in [3.63, 3.8) is 0 Å². The number of hydrogen-bond donors (Lipinski definition) is 0. The summed E-state index contributed by atoms with van der Waals surface area (Å²) in [6.07, 6.45) is 0. The van der Waals surface area contributed by atoms with E-state index < -0.39 is 0 Å². The maximum Gasteiger partial charge on any atom is 0.160 e. The third-order valence-electron chi connectivity index (χ3n) is 9.42. The second-order valence-electron chi connectivity index (χ2n) is 12.8. The number of benzene rings is 6. The Morgan fingerprint density at radius 3 is 1.45 bits per heavy atom. The van der Waals surface area contributed by atoms with Crippen LogP contribution in [0.4, 0.5) is 0 Å². The molecule has 0 unspecified atom stereocenters. The van der Waals surface area contributed by atoms with E-state index in [1.807, 2.05) is 54.6 Å². The van der Waals surface area contributed by atoms with E-state index in [1.165, 1.54) is 5.56 Å². The van der Waals surface area contributed by atoms with Gasteiger partial charge in [-0.15, -0.1) is 0 Å². The van der Waals surface area contributed by atoms with E-state index in [9.17, 15) is 0 Å². The summed E-state index contributed by atoms with van der Waals surface area (Å²) in [7, 11) is 0. The Hall–Kier alpha value is -6.78. The predicted molar refractivity (Wildman–Crippen MR) is 210 cm³/mol. The van der Waals surface area contributed by atoms with E-state index in [-0.39, 0.29) is 0 Å². The van der Waals surface area contributed by atoms with Crippen molar-refractivity contribution < 1.29 is 0 Å². The van der Waals surface area contributed by atoms with E-state index in [1.54, 1.807) is 0 Å². The number of rotatable bonds is 6. The number of hydrogen-bond acceptors (Lipinski definition) is 4. The van der Waals surface area contributed by atoms with Crippen LogP contribution in [0.3, 0.4) is 0 Å². The summed E-state index contributed by atoms with van der Waals surface area (Å²) >= 11 is 0. The normalized spacial score (nSPS) is 11.2. The first-order chi connectivity index (χ1) is 25.2. The van der Waals surface area contributed by atoms with Gasteiger partial charge < -0.3 is 0 Å². The number of aryl methyl sites for hydroxylation is 1. The van der Waals surface area contributed by atoms with E-state index in [4.69, 9.17) is 19.9 Å². The largest absolute Gasteiger partial charge is 0.245 e. The van der Waals surface area contributed by atoms with Gasteiger partial charge in [0.05, 0.1) is 33.8 Å². The van der Waals surface area contributed by atoms with E-state index in [0.29, 0.717) is 5.82 Å². The van der Waals surface area contributed by atoms with Crippen molar-refractivity contribution in [1.82, 2.24) is 19.9 Å². The second-order valence-corrected chi connectivity index (χ2v) is 12.8. The first kappa shape index (κ1) is 30.3. The molecule has 0 atom stereocenters. The molecule has 0 saturated carbocycles. The van der Waals surface area contributed by atoms with E-state index in [2.05, 4.69) is 128 Å². The molecule has 4 heteroatoms. The highest BCUT2D eigenvalue weighted by molar-refractivity contribution is 6.05. The fourth-order valence-corrected chi connectivity index (χ4v) is 6.72. The summed E-state index contributed by atoms with van der Waals surface area (Å²) in [4.78, 5) is 20.4. The van der Waals surface area contributed by atoms with Crippen molar-refractivity contribution in [2.45, 2.75) is 6.92 Å². The molecule has 0 bridgehead atoms. The minimum Gasteiger partial charge on any atom is -0.245 e. The molecule has 3 aromatic heterocycles. The van der Waals surface area contributed by atoms with Gasteiger partial charge in [-0.1, -0.05) is 152 Å². The van der Waals surface area contributed by atoms with Crippen molar-refractivity contribution in [2.75, 3.05) is 0 Å². The number of aromatic nitrogens is 4. The molecule has 0 radical (unpaired) electrons. The Bertz CT molecular complexity index is 2610. The van der Waals surface area contributed by atoms with Crippen LogP contribution in [0, 0.1) is 6.92 Å². The summed E-state index contributed by atoms with van der Waals surface area (Å²) in [5.74, 6) is 0.695. The monoisotopic (exact) mass is 652 g/mol. The van der Waals surface area contributed by atoms with Gasteiger partial charge in [-0.2, -0.15) is 0 Å². The maximum absolute atomic E-state index is 5.21. The maximum atomic E-state index is 5.21. The highest BCUT2D eigenvalue weighted by Crippen LogP contribution is 2.33.